The Morgan fingerprint density at radius 2 is 2.00 bits per heavy atom. The van der Waals surface area contributed by atoms with Crippen molar-refractivity contribution >= 4 is 12.1 Å². The molecule has 0 aliphatic rings. The number of aldehydes is 1. The lowest BCUT2D eigenvalue weighted by molar-refractivity contribution is -0.113. The molecule has 1 N–H and O–H groups in total. The van der Waals surface area contributed by atoms with Crippen molar-refractivity contribution in [3.63, 3.8) is 0 Å². The molecule has 0 amide bonds. The van der Waals surface area contributed by atoms with Crippen LogP contribution in [0.4, 0.5) is 0 Å². The molecule has 0 radical (unpaired) electrons. The lowest BCUT2D eigenvalue weighted by Crippen LogP contribution is -2.00. The number of hydrogen-bond acceptors (Lipinski definition) is 3. The van der Waals surface area contributed by atoms with E-state index in [-0.39, 0.29) is 18.0 Å². The minimum Gasteiger partial charge on any atom is -0.512 e. The maximum Gasteiger partial charge on any atom is 0.159 e. The van der Waals surface area contributed by atoms with Crippen LogP contribution in [0.3, 0.4) is 0 Å². The maximum atomic E-state index is 10.8. The first kappa shape index (κ1) is 9.88. The Balaban J connectivity index is 4.25. The summed E-state index contributed by atoms with van der Waals surface area (Å²) in [5, 5.41) is 8.95. The highest BCUT2D eigenvalue weighted by molar-refractivity contribution is 5.93. The molecule has 0 saturated carbocycles. The van der Waals surface area contributed by atoms with Gasteiger partial charge in [0.1, 0.15) is 6.29 Å². The third-order valence-electron chi connectivity index (χ3n) is 1.37. The van der Waals surface area contributed by atoms with Crippen molar-refractivity contribution in [2.24, 2.45) is 0 Å². The lowest BCUT2D eigenvalue weighted by Gasteiger charge is -2.00. The van der Waals surface area contributed by atoms with Gasteiger partial charge in [-0.2, -0.15) is 0 Å². The van der Waals surface area contributed by atoms with Crippen molar-refractivity contribution in [1.82, 2.24) is 0 Å². The summed E-state index contributed by atoms with van der Waals surface area (Å²) in [7, 11) is 0. The summed E-state index contributed by atoms with van der Waals surface area (Å²) >= 11 is 0. The van der Waals surface area contributed by atoms with E-state index in [0.29, 0.717) is 12.0 Å². The van der Waals surface area contributed by atoms with Gasteiger partial charge in [0.15, 0.2) is 5.78 Å². The maximum absolute atomic E-state index is 10.8. The van der Waals surface area contributed by atoms with E-state index in [1.54, 1.807) is 0 Å². The average molecular weight is 156 g/mol. The Morgan fingerprint density at radius 1 is 1.45 bits per heavy atom. The smallest absolute Gasteiger partial charge is 0.159 e. The molecule has 0 heterocycles. The standard InChI is InChI=1S/C8H12O3/c1-6(10)8(7(2)11)4-3-5-9/h5,10H,3-4H2,1-2H3/b8-6+. The number of carbonyl (C=O) groups excluding carboxylic acids is 2. The molecule has 0 atom stereocenters. The van der Waals surface area contributed by atoms with Crippen LogP contribution in [0.2, 0.25) is 0 Å². The summed E-state index contributed by atoms with van der Waals surface area (Å²) in [5.41, 5.74) is 0.345. The molecule has 0 aromatic heterocycles. The van der Waals surface area contributed by atoms with Crippen molar-refractivity contribution in [3.05, 3.63) is 11.3 Å². The van der Waals surface area contributed by atoms with E-state index in [1.165, 1.54) is 13.8 Å². The van der Waals surface area contributed by atoms with Crippen LogP contribution >= 0.6 is 0 Å². The summed E-state index contributed by atoms with van der Waals surface area (Å²) in [5.74, 6) is -0.161. The van der Waals surface area contributed by atoms with Gasteiger partial charge in [-0.05, 0) is 20.3 Å². The minimum atomic E-state index is -0.174. The molecule has 0 aliphatic heterocycles. The molecule has 3 heteroatoms. The monoisotopic (exact) mass is 156 g/mol. The molecule has 0 aromatic rings. The second-order valence-corrected chi connectivity index (χ2v) is 2.33. The van der Waals surface area contributed by atoms with E-state index in [9.17, 15) is 9.59 Å². The topological polar surface area (TPSA) is 54.4 Å². The lowest BCUT2D eigenvalue weighted by atomic mass is 10.1. The van der Waals surface area contributed by atoms with Gasteiger partial charge in [0.25, 0.3) is 0 Å². The van der Waals surface area contributed by atoms with Crippen molar-refractivity contribution in [2.45, 2.75) is 26.7 Å². The molecule has 11 heavy (non-hydrogen) atoms. The molecule has 0 fully saturated rings. The van der Waals surface area contributed by atoms with Gasteiger partial charge in [-0.25, -0.2) is 0 Å². The van der Waals surface area contributed by atoms with E-state index in [1.807, 2.05) is 0 Å². The summed E-state index contributed by atoms with van der Waals surface area (Å²) in [6.07, 6.45) is 1.35. The average Bonchev–Trinajstić information content (AvgIpc) is 1.87. The number of Topliss-reactive ketones (excluding diaryl/α,β-unsaturated/α-hetero) is 1. The number of hydrogen-bond donors (Lipinski definition) is 1. The quantitative estimate of drug-likeness (QED) is 0.380. The largest absolute Gasteiger partial charge is 0.512 e. The van der Waals surface area contributed by atoms with Crippen LogP contribution in [0.1, 0.15) is 26.7 Å². The molecule has 0 spiro atoms. The van der Waals surface area contributed by atoms with E-state index in [2.05, 4.69) is 0 Å². The van der Waals surface area contributed by atoms with Crippen LogP contribution in [0.15, 0.2) is 11.3 Å². The molecule has 0 rings (SSSR count). The van der Waals surface area contributed by atoms with Crippen LogP contribution in [0.5, 0.6) is 0 Å². The molecule has 0 bridgehead atoms. The van der Waals surface area contributed by atoms with Gasteiger partial charge in [0.2, 0.25) is 0 Å². The Labute approximate surface area is 65.7 Å². The van der Waals surface area contributed by atoms with Crippen molar-refractivity contribution in [3.8, 4) is 0 Å². The van der Waals surface area contributed by atoms with Crippen LogP contribution < -0.4 is 0 Å². The third kappa shape index (κ3) is 3.55. The Kier molecular flexibility index (Phi) is 4.18. The van der Waals surface area contributed by atoms with Gasteiger partial charge in [0, 0.05) is 12.0 Å². The van der Waals surface area contributed by atoms with Gasteiger partial charge in [0.05, 0.1) is 5.76 Å². The summed E-state index contributed by atoms with van der Waals surface area (Å²) < 4.78 is 0. The van der Waals surface area contributed by atoms with E-state index < -0.39 is 0 Å². The number of ketones is 1. The van der Waals surface area contributed by atoms with Crippen LogP contribution in [0.25, 0.3) is 0 Å². The normalized spacial score (nSPS) is 12.2. The van der Waals surface area contributed by atoms with Gasteiger partial charge >= 0.3 is 0 Å². The molecule has 0 aliphatic carbocycles. The highest BCUT2D eigenvalue weighted by atomic mass is 16.3. The third-order valence-corrected chi connectivity index (χ3v) is 1.37. The zero-order valence-electron chi connectivity index (χ0n) is 6.76. The highest BCUT2D eigenvalue weighted by Crippen LogP contribution is 2.08. The fourth-order valence-electron chi connectivity index (χ4n) is 0.815. The van der Waals surface area contributed by atoms with Gasteiger partial charge in [-0.15, -0.1) is 0 Å². The van der Waals surface area contributed by atoms with E-state index in [0.717, 1.165) is 6.29 Å². The first-order chi connectivity index (χ1) is 5.09. The van der Waals surface area contributed by atoms with Crippen molar-refractivity contribution in [1.29, 1.82) is 0 Å². The second-order valence-electron chi connectivity index (χ2n) is 2.33. The zero-order chi connectivity index (χ0) is 8.85. The number of aliphatic hydroxyl groups is 1. The number of aliphatic hydroxyl groups excluding tert-OH is 1. The predicted octanol–water partition coefficient (Wildman–Crippen LogP) is 1.39. The molecular weight excluding hydrogens is 144 g/mol. The Hall–Kier alpha value is -1.12. The Bertz CT molecular complexity index is 188. The van der Waals surface area contributed by atoms with Crippen LogP contribution in [-0.2, 0) is 9.59 Å². The molecule has 0 unspecified atom stereocenters. The summed E-state index contributed by atoms with van der Waals surface area (Å²) in [6.45, 7) is 2.82. The molecule has 0 saturated heterocycles. The predicted molar refractivity (Wildman–Crippen MR) is 41.3 cm³/mol. The first-order valence-corrected chi connectivity index (χ1v) is 3.43. The van der Waals surface area contributed by atoms with Gasteiger partial charge < -0.3 is 9.90 Å². The van der Waals surface area contributed by atoms with Crippen LogP contribution in [0, 0.1) is 0 Å². The van der Waals surface area contributed by atoms with Crippen molar-refractivity contribution < 1.29 is 14.7 Å². The van der Waals surface area contributed by atoms with Gasteiger partial charge in [-0.1, -0.05) is 0 Å². The molecule has 3 nitrogen and oxygen atoms in total. The summed E-state index contributed by atoms with van der Waals surface area (Å²) in [4.78, 5) is 20.7. The van der Waals surface area contributed by atoms with E-state index in [4.69, 9.17) is 5.11 Å². The Morgan fingerprint density at radius 3 is 2.27 bits per heavy atom. The SMILES string of the molecule is CC(=O)/C(CCC=O)=C(\C)O. The number of allylic oxidation sites excluding steroid dienone is 2. The fraction of sp³-hybridized carbons (Fsp3) is 0.500. The fourth-order valence-corrected chi connectivity index (χ4v) is 0.815. The minimum absolute atomic E-state index is 0.0133. The summed E-state index contributed by atoms with van der Waals surface area (Å²) in [6, 6.07) is 0. The van der Waals surface area contributed by atoms with E-state index >= 15 is 0 Å². The molecule has 62 valence electrons. The molecule has 0 aromatic carbocycles. The molecular formula is C8H12O3. The second kappa shape index (κ2) is 4.66. The highest BCUT2D eigenvalue weighted by Gasteiger charge is 2.06. The first-order valence-electron chi connectivity index (χ1n) is 3.43. The number of carbonyl (C=O) groups is 2. The van der Waals surface area contributed by atoms with Gasteiger partial charge in [-0.3, -0.25) is 4.79 Å². The van der Waals surface area contributed by atoms with Crippen molar-refractivity contribution in [2.75, 3.05) is 0 Å². The number of rotatable bonds is 4. The van der Waals surface area contributed by atoms with Crippen LogP contribution in [-0.4, -0.2) is 17.2 Å². The zero-order valence-corrected chi connectivity index (χ0v) is 6.76.